The van der Waals surface area contributed by atoms with Gasteiger partial charge in [-0.25, -0.2) is 14.8 Å². The maximum Gasteiger partial charge on any atom is 0.342 e. The third-order valence-corrected chi connectivity index (χ3v) is 7.55. The highest BCUT2D eigenvalue weighted by atomic mass is 32.2. The molecule has 3 aliphatic carbocycles. The van der Waals surface area contributed by atoms with E-state index in [2.05, 4.69) is 22.2 Å². The lowest BCUT2D eigenvalue weighted by Crippen LogP contribution is -2.41. The number of aryl methyl sites for hydroxylation is 1. The minimum Gasteiger partial charge on any atom is -0.465 e. The molecular weight excluding hydrogens is 374 g/mol. The average Bonchev–Trinajstić information content (AvgIpc) is 3.31. The van der Waals surface area contributed by atoms with Crippen molar-refractivity contribution in [3.05, 3.63) is 17.1 Å². The number of fused-ring (bicyclic) bond motifs is 2. The van der Waals surface area contributed by atoms with Gasteiger partial charge in [0.05, 0.1) is 18.6 Å². The molecule has 4 rings (SSSR count). The molecule has 0 unspecified atom stereocenters. The number of esters is 1. The molecule has 152 valence electrons. The summed E-state index contributed by atoms with van der Waals surface area (Å²) in [4.78, 5) is 33.9. The van der Waals surface area contributed by atoms with Gasteiger partial charge in [-0.3, -0.25) is 4.79 Å². The second-order valence-corrected chi connectivity index (χ2v) is 9.56. The van der Waals surface area contributed by atoms with Crippen LogP contribution in [-0.4, -0.2) is 40.7 Å². The van der Waals surface area contributed by atoms with Crippen molar-refractivity contribution in [1.82, 2.24) is 15.3 Å². The Bertz CT molecular complexity index is 780. The maximum atomic E-state index is 12.6. The van der Waals surface area contributed by atoms with Crippen LogP contribution in [0.3, 0.4) is 0 Å². The molecule has 0 aromatic carbocycles. The molecule has 1 aromatic heterocycles. The van der Waals surface area contributed by atoms with E-state index in [4.69, 9.17) is 4.74 Å². The highest BCUT2D eigenvalue weighted by Gasteiger charge is 2.42. The van der Waals surface area contributed by atoms with Gasteiger partial charge >= 0.3 is 5.97 Å². The number of nitrogens with zero attached hydrogens (tertiary/aromatic N) is 2. The summed E-state index contributed by atoms with van der Waals surface area (Å²) >= 11 is 1.31. The van der Waals surface area contributed by atoms with Crippen molar-refractivity contribution in [3.8, 4) is 0 Å². The Kier molecular flexibility index (Phi) is 5.63. The molecular formula is C21H29N3O3S. The van der Waals surface area contributed by atoms with Crippen LogP contribution in [0.2, 0.25) is 0 Å². The SMILES string of the molecule is COC(=O)c1c(C)nc(C2CC2)nc1SCC(=O)N[C@H](C)[C@@H]1C[C@H]2CC[C@H]1C2. The third-order valence-electron chi connectivity index (χ3n) is 6.57. The number of nitrogens with one attached hydrogen (secondary N) is 1. The molecule has 3 fully saturated rings. The Morgan fingerprint density at radius 3 is 2.61 bits per heavy atom. The minimum absolute atomic E-state index is 0.000302. The first-order chi connectivity index (χ1) is 13.5. The lowest BCUT2D eigenvalue weighted by atomic mass is 9.84. The number of hydrogen-bond donors (Lipinski definition) is 1. The molecule has 7 heteroatoms. The Morgan fingerprint density at radius 2 is 2.00 bits per heavy atom. The molecule has 2 bridgehead atoms. The fourth-order valence-corrected chi connectivity index (χ4v) is 5.86. The van der Waals surface area contributed by atoms with Crippen LogP contribution < -0.4 is 5.32 Å². The molecule has 0 aliphatic heterocycles. The van der Waals surface area contributed by atoms with Crippen molar-refractivity contribution in [2.24, 2.45) is 17.8 Å². The number of methoxy groups -OCH3 is 1. The quantitative estimate of drug-likeness (QED) is 0.426. The first-order valence-electron chi connectivity index (χ1n) is 10.3. The van der Waals surface area contributed by atoms with Gasteiger partial charge in [0.1, 0.15) is 16.4 Å². The molecule has 1 N–H and O–H groups in total. The van der Waals surface area contributed by atoms with Crippen molar-refractivity contribution < 1.29 is 14.3 Å². The van der Waals surface area contributed by atoms with Gasteiger partial charge in [0.2, 0.25) is 5.91 Å². The van der Waals surface area contributed by atoms with Crippen molar-refractivity contribution in [2.75, 3.05) is 12.9 Å². The van der Waals surface area contributed by atoms with Gasteiger partial charge < -0.3 is 10.1 Å². The van der Waals surface area contributed by atoms with E-state index in [1.807, 2.05) is 0 Å². The van der Waals surface area contributed by atoms with Crippen molar-refractivity contribution in [2.45, 2.75) is 69.4 Å². The Morgan fingerprint density at radius 1 is 1.21 bits per heavy atom. The summed E-state index contributed by atoms with van der Waals surface area (Å²) in [7, 11) is 1.36. The predicted octanol–water partition coefficient (Wildman–Crippen LogP) is 3.48. The number of amides is 1. The van der Waals surface area contributed by atoms with Crippen LogP contribution in [0.4, 0.5) is 0 Å². The number of thioether (sulfide) groups is 1. The van der Waals surface area contributed by atoms with Crippen LogP contribution in [0, 0.1) is 24.7 Å². The van der Waals surface area contributed by atoms with E-state index >= 15 is 0 Å². The molecule has 28 heavy (non-hydrogen) atoms. The van der Waals surface area contributed by atoms with Gasteiger partial charge in [-0.15, -0.1) is 0 Å². The molecule has 0 saturated heterocycles. The van der Waals surface area contributed by atoms with Crippen LogP contribution in [0.15, 0.2) is 5.03 Å². The fourth-order valence-electron chi connectivity index (χ4n) is 4.98. The highest BCUT2D eigenvalue weighted by Crippen LogP contribution is 2.49. The zero-order valence-corrected chi connectivity index (χ0v) is 17.7. The zero-order chi connectivity index (χ0) is 19.8. The average molecular weight is 404 g/mol. The summed E-state index contributed by atoms with van der Waals surface area (Å²) in [6.45, 7) is 3.94. The summed E-state index contributed by atoms with van der Waals surface area (Å²) in [5.41, 5.74) is 1.01. The number of carbonyl (C=O) groups excluding carboxylic acids is 2. The van der Waals surface area contributed by atoms with Gasteiger partial charge in [-0.2, -0.15) is 0 Å². The Labute approximate surface area is 170 Å². The molecule has 1 aromatic rings. The fraction of sp³-hybridized carbons (Fsp3) is 0.714. The molecule has 4 atom stereocenters. The molecule has 3 aliphatic rings. The van der Waals surface area contributed by atoms with E-state index in [9.17, 15) is 9.59 Å². The zero-order valence-electron chi connectivity index (χ0n) is 16.9. The molecule has 0 radical (unpaired) electrons. The van der Waals surface area contributed by atoms with Crippen molar-refractivity contribution >= 4 is 23.6 Å². The van der Waals surface area contributed by atoms with Crippen molar-refractivity contribution in [3.63, 3.8) is 0 Å². The molecule has 1 amide bonds. The summed E-state index contributed by atoms with van der Waals surface area (Å²) < 4.78 is 4.91. The van der Waals surface area contributed by atoms with E-state index < -0.39 is 5.97 Å². The summed E-state index contributed by atoms with van der Waals surface area (Å²) in [6.07, 6.45) is 7.44. The van der Waals surface area contributed by atoms with Crippen LogP contribution in [0.25, 0.3) is 0 Å². The number of ether oxygens (including phenoxy) is 1. The first kappa shape index (κ1) is 19.7. The predicted molar refractivity (Wildman–Crippen MR) is 107 cm³/mol. The van der Waals surface area contributed by atoms with Gasteiger partial charge in [-0.05, 0) is 63.7 Å². The topological polar surface area (TPSA) is 81.2 Å². The van der Waals surface area contributed by atoms with Gasteiger partial charge in [0.15, 0.2) is 0 Å². The van der Waals surface area contributed by atoms with Gasteiger partial charge in [0.25, 0.3) is 0 Å². The maximum absolute atomic E-state index is 12.6. The summed E-state index contributed by atoms with van der Waals surface area (Å²) in [5.74, 6) is 3.23. The van der Waals surface area contributed by atoms with E-state index in [1.165, 1.54) is 44.6 Å². The van der Waals surface area contributed by atoms with Crippen LogP contribution in [0.5, 0.6) is 0 Å². The van der Waals surface area contributed by atoms with E-state index in [-0.39, 0.29) is 17.7 Å². The molecule has 0 spiro atoms. The second-order valence-electron chi connectivity index (χ2n) is 8.60. The summed E-state index contributed by atoms with van der Waals surface area (Å²) in [5, 5.41) is 3.74. The van der Waals surface area contributed by atoms with Crippen LogP contribution in [-0.2, 0) is 9.53 Å². The smallest absolute Gasteiger partial charge is 0.342 e. The Hall–Kier alpha value is -1.63. The van der Waals surface area contributed by atoms with E-state index in [0.29, 0.717) is 28.1 Å². The summed E-state index contributed by atoms with van der Waals surface area (Å²) in [6, 6.07) is 0.206. The molecule has 1 heterocycles. The second kappa shape index (κ2) is 8.01. The number of aromatic nitrogens is 2. The highest BCUT2D eigenvalue weighted by molar-refractivity contribution is 8.00. The van der Waals surface area contributed by atoms with Crippen molar-refractivity contribution in [1.29, 1.82) is 0 Å². The monoisotopic (exact) mass is 403 g/mol. The van der Waals surface area contributed by atoms with Gasteiger partial charge in [0, 0.05) is 12.0 Å². The third kappa shape index (κ3) is 4.04. The normalized spacial score (nSPS) is 26.9. The Balaban J connectivity index is 1.40. The van der Waals surface area contributed by atoms with Crippen LogP contribution >= 0.6 is 11.8 Å². The first-order valence-corrected chi connectivity index (χ1v) is 11.3. The number of hydrogen-bond acceptors (Lipinski definition) is 6. The van der Waals surface area contributed by atoms with Gasteiger partial charge in [-0.1, -0.05) is 18.2 Å². The lowest BCUT2D eigenvalue weighted by Gasteiger charge is -2.28. The van der Waals surface area contributed by atoms with Crippen LogP contribution in [0.1, 0.15) is 73.2 Å². The number of carbonyl (C=O) groups is 2. The number of rotatable bonds is 7. The molecule has 6 nitrogen and oxygen atoms in total. The minimum atomic E-state index is -0.446. The standard InChI is InChI=1S/C21H29N3O3S/c1-11(16-9-13-4-5-15(16)8-13)22-17(25)10-28-20-18(21(26)27-3)12(2)23-19(24-20)14-6-7-14/h11,13-16H,4-10H2,1-3H3,(H,22,25)/t11-,13+,15+,16+/m1/s1. The lowest BCUT2D eigenvalue weighted by molar-refractivity contribution is -0.119. The van der Waals surface area contributed by atoms with E-state index in [0.717, 1.165) is 30.5 Å². The van der Waals surface area contributed by atoms with E-state index in [1.54, 1.807) is 6.92 Å². The largest absolute Gasteiger partial charge is 0.465 e. The molecule has 3 saturated carbocycles.